The Labute approximate surface area is 79.1 Å². The first-order valence-corrected chi connectivity index (χ1v) is 3.45. The molecule has 82 valence electrons. The summed E-state index contributed by atoms with van der Waals surface area (Å²) < 4.78 is 6.08. The van der Waals surface area contributed by atoms with Crippen LogP contribution >= 0.6 is 0 Å². The van der Waals surface area contributed by atoms with E-state index >= 15 is 0 Å². The Morgan fingerprint density at radius 2 is 1.29 bits per heavy atom. The van der Waals surface area contributed by atoms with E-state index < -0.39 is 36.4 Å². The number of rotatable bonds is 5. The first-order chi connectivity index (χ1) is 6.82. The van der Waals surface area contributed by atoms with E-state index in [4.69, 9.17) is 27.0 Å². The Hall–Kier alpha value is -1.22. The molecule has 0 amide bonds. The molecule has 0 fully saturated rings. The normalized spacial score (nSPS) is 20.1. The molecule has 0 aliphatic heterocycles. The van der Waals surface area contributed by atoms with E-state index in [2.05, 4.69) is 5.11 Å². The Morgan fingerprint density at radius 3 is 1.57 bits per heavy atom. The van der Waals surface area contributed by atoms with Crippen molar-refractivity contribution in [2.45, 2.75) is 24.4 Å². The molecule has 6 N–H and O–H groups in total. The van der Waals surface area contributed by atoms with Gasteiger partial charge in [0.15, 0.2) is 12.2 Å². The van der Waals surface area contributed by atoms with E-state index in [1.54, 1.807) is 0 Å². The maximum atomic E-state index is 10.5. The maximum absolute atomic E-state index is 10.5. The Kier molecular flexibility index (Phi) is 3.77. The minimum absolute atomic E-state index is 1.58. The van der Waals surface area contributed by atoms with Crippen molar-refractivity contribution in [3.05, 3.63) is 0 Å². The zero-order valence-electron chi connectivity index (χ0n) is 7.77. The highest BCUT2D eigenvalue weighted by atomic mass is 16.4. The van der Waals surface area contributed by atoms with E-state index in [0.717, 1.165) is 0 Å². The van der Waals surface area contributed by atoms with Gasteiger partial charge in [-0.2, -0.15) is 0 Å². The molecule has 0 spiro atoms. The minimum Gasteiger partial charge on any atom is -0.479 e. The van der Waals surface area contributed by atoms with Crippen molar-refractivity contribution in [1.29, 1.82) is 1.43 Å². The number of carboxylic acids is 2. The molecule has 14 heavy (non-hydrogen) atoms. The Bertz CT molecular complexity index is 243. The van der Waals surface area contributed by atoms with Crippen molar-refractivity contribution in [2.24, 2.45) is 0 Å². The number of aliphatic hydroxyl groups excluding tert-OH is 4. The summed E-state index contributed by atoms with van der Waals surface area (Å²) in [4.78, 5) is 20.6. The molecule has 0 bridgehead atoms. The molecular weight excluding hydrogens is 200 g/mol. The number of hydrogen-bond acceptors (Lipinski definition) is 7. The Morgan fingerprint density at radius 1 is 0.929 bits per heavy atom. The number of carboxylic acid groups (broad SMARTS) is 2. The number of aliphatic hydroxyl groups is 4. The fraction of sp³-hybridized carbons (Fsp3) is 0.667. The standard InChI is InChI=1S/C6H10O8/c7-1(3(9)5(11)12)2(8)4(10)6(13)14/h1-4,7-10H,(H,11,12)(H,13,14)/t1-,2-,3-,4+/m0/s1/i/hD. The van der Waals surface area contributed by atoms with Crippen LogP contribution in [0.1, 0.15) is 0 Å². The van der Waals surface area contributed by atoms with Crippen LogP contribution in [0.15, 0.2) is 0 Å². The van der Waals surface area contributed by atoms with Gasteiger partial charge in [-0.05, 0) is 0 Å². The second-order valence-electron chi connectivity index (χ2n) is 2.53. The third-order valence-electron chi connectivity index (χ3n) is 1.49. The quantitative estimate of drug-likeness (QED) is 0.275. The van der Waals surface area contributed by atoms with E-state index in [0.29, 0.717) is 0 Å². The second-order valence-corrected chi connectivity index (χ2v) is 2.53. The predicted molar refractivity (Wildman–Crippen MR) is 39.3 cm³/mol. The van der Waals surface area contributed by atoms with Crippen LogP contribution in [0, 0.1) is 0 Å². The average Bonchev–Trinajstić information content (AvgIpc) is 2.23. The van der Waals surface area contributed by atoms with Gasteiger partial charge in [0.2, 0.25) is 0 Å². The summed E-state index contributed by atoms with van der Waals surface area (Å²) in [5.74, 6) is -3.42. The Balaban J connectivity index is 4.49. The molecule has 0 aliphatic carbocycles. The van der Waals surface area contributed by atoms with Gasteiger partial charge in [-0.3, -0.25) is 0 Å². The lowest BCUT2D eigenvalue weighted by Gasteiger charge is -2.21. The summed E-state index contributed by atoms with van der Waals surface area (Å²) in [6.45, 7) is 0. The molecule has 8 nitrogen and oxygen atoms in total. The summed E-state index contributed by atoms with van der Waals surface area (Å²) >= 11 is 0. The lowest BCUT2D eigenvalue weighted by molar-refractivity contribution is -0.172. The van der Waals surface area contributed by atoms with Crippen LogP contribution < -0.4 is 0 Å². The number of carbonyl (C=O) groups is 2. The average molecular weight is 211 g/mol. The van der Waals surface area contributed by atoms with E-state index in [1.165, 1.54) is 0 Å². The van der Waals surface area contributed by atoms with Crippen molar-refractivity contribution < 1.29 is 40.2 Å². The third-order valence-corrected chi connectivity index (χ3v) is 1.49. The van der Waals surface area contributed by atoms with Crippen molar-refractivity contribution in [2.75, 3.05) is 0 Å². The zero-order valence-corrected chi connectivity index (χ0v) is 6.77. The van der Waals surface area contributed by atoms with Gasteiger partial charge in [0.25, 0.3) is 1.43 Å². The van der Waals surface area contributed by atoms with E-state index in [9.17, 15) is 9.59 Å². The van der Waals surface area contributed by atoms with Gasteiger partial charge in [0, 0.05) is 0 Å². The van der Waals surface area contributed by atoms with Gasteiger partial charge in [0.1, 0.15) is 12.2 Å². The van der Waals surface area contributed by atoms with Crippen molar-refractivity contribution >= 4 is 11.9 Å². The molecule has 0 aliphatic rings. The second kappa shape index (κ2) is 4.86. The van der Waals surface area contributed by atoms with Crippen LogP contribution in [0.2, 0.25) is 0 Å². The molecule has 0 rings (SSSR count). The molecule has 0 unspecified atom stereocenters. The lowest BCUT2D eigenvalue weighted by Crippen LogP contribution is -2.49. The SMILES string of the molecule is [2H]OC(=O)[C@@H](O)[C@@H](O)[C@H](O)[C@@H](O)C(=O)O. The van der Waals surface area contributed by atoms with Gasteiger partial charge >= 0.3 is 11.9 Å². The first-order valence-electron chi connectivity index (χ1n) is 3.85. The van der Waals surface area contributed by atoms with Crippen molar-refractivity contribution in [1.82, 2.24) is 0 Å². The summed E-state index contributed by atoms with van der Waals surface area (Å²) in [5.41, 5.74) is 0. The van der Waals surface area contributed by atoms with E-state index in [1.807, 2.05) is 0 Å². The van der Waals surface area contributed by atoms with Gasteiger partial charge < -0.3 is 30.6 Å². The molecule has 0 saturated carbocycles. The summed E-state index contributed by atoms with van der Waals surface area (Å²) in [7, 11) is 0. The molecule has 4 atom stereocenters. The van der Waals surface area contributed by atoms with Crippen LogP contribution in [0.25, 0.3) is 1.43 Å². The molecular formula is C6H10O8. The molecule has 0 heterocycles. The molecule has 8 heteroatoms. The van der Waals surface area contributed by atoms with Crippen LogP contribution in [0.4, 0.5) is 0 Å². The highest BCUT2D eigenvalue weighted by molar-refractivity contribution is 5.75. The van der Waals surface area contributed by atoms with Crippen LogP contribution in [0.3, 0.4) is 0 Å². The monoisotopic (exact) mass is 211 g/mol. The highest BCUT2D eigenvalue weighted by Crippen LogP contribution is 2.05. The fourth-order valence-corrected chi connectivity index (χ4v) is 0.659. The van der Waals surface area contributed by atoms with Crippen LogP contribution in [-0.4, -0.2) is 67.0 Å². The van der Waals surface area contributed by atoms with Crippen LogP contribution in [0.5, 0.6) is 0 Å². The third kappa shape index (κ3) is 2.92. The summed E-state index contributed by atoms with van der Waals surface area (Å²) in [6, 6.07) is 0. The number of aliphatic carboxylic acids is 2. The molecule has 0 aromatic rings. The summed E-state index contributed by atoms with van der Waals surface area (Å²) in [5, 5.41) is 47.1. The van der Waals surface area contributed by atoms with Crippen molar-refractivity contribution in [3.8, 4) is 0 Å². The fourth-order valence-electron chi connectivity index (χ4n) is 0.659. The van der Waals surface area contributed by atoms with Gasteiger partial charge in [-0.15, -0.1) is 0 Å². The molecule has 0 saturated heterocycles. The maximum Gasteiger partial charge on any atom is 0.335 e. The molecule has 0 radical (unpaired) electrons. The zero-order chi connectivity index (χ0) is 12.2. The van der Waals surface area contributed by atoms with Crippen molar-refractivity contribution in [3.63, 3.8) is 0 Å². The minimum atomic E-state index is -2.37. The van der Waals surface area contributed by atoms with Gasteiger partial charge in [-0.1, -0.05) is 0 Å². The smallest absolute Gasteiger partial charge is 0.335 e. The van der Waals surface area contributed by atoms with Gasteiger partial charge in [0.05, 0.1) is 0 Å². The van der Waals surface area contributed by atoms with Gasteiger partial charge in [-0.25, -0.2) is 9.59 Å². The van der Waals surface area contributed by atoms with Crippen LogP contribution in [-0.2, 0) is 9.59 Å². The topological polar surface area (TPSA) is 156 Å². The highest BCUT2D eigenvalue weighted by Gasteiger charge is 2.37. The largest absolute Gasteiger partial charge is 0.479 e. The summed E-state index contributed by atoms with van der Waals surface area (Å²) in [6.07, 6.45) is -9.23. The number of hydrogen-bond donors (Lipinski definition) is 6. The lowest BCUT2D eigenvalue weighted by atomic mass is 10.0. The molecule has 0 aromatic heterocycles. The predicted octanol–water partition coefficient (Wildman–Crippen LogP) is -3.40. The molecule has 0 aromatic carbocycles. The first kappa shape index (κ1) is 10.9. The van der Waals surface area contributed by atoms with E-state index in [-0.39, 0.29) is 0 Å².